The van der Waals surface area contributed by atoms with Crippen LogP contribution in [-0.4, -0.2) is 57.0 Å². The molecule has 2 amide bonds. The van der Waals surface area contributed by atoms with Gasteiger partial charge in [0.25, 0.3) is 5.91 Å². The van der Waals surface area contributed by atoms with Gasteiger partial charge in [-0.2, -0.15) is 0 Å². The number of thioether (sulfide) groups is 1. The van der Waals surface area contributed by atoms with Gasteiger partial charge in [0, 0.05) is 41.4 Å². The maximum absolute atomic E-state index is 14.0. The first kappa shape index (κ1) is 33.8. The molecule has 0 aliphatic rings. The summed E-state index contributed by atoms with van der Waals surface area (Å²) in [7, 11) is 0. The van der Waals surface area contributed by atoms with Gasteiger partial charge in [-0.3, -0.25) is 9.59 Å². The predicted octanol–water partition coefficient (Wildman–Crippen LogP) is 6.60. The highest BCUT2D eigenvalue weighted by Crippen LogP contribution is 2.39. The molecule has 0 fully saturated rings. The molecule has 2 aromatic rings. The van der Waals surface area contributed by atoms with Crippen molar-refractivity contribution in [1.29, 1.82) is 0 Å². The number of halogens is 1. The van der Waals surface area contributed by atoms with E-state index >= 15 is 0 Å². The molecule has 222 valence electrons. The second-order valence-corrected chi connectivity index (χ2v) is 12.7. The van der Waals surface area contributed by atoms with E-state index < -0.39 is 11.7 Å². The molecule has 40 heavy (non-hydrogen) atoms. The number of carbonyl (C=O) groups excluding carboxylic acids is 2. The summed E-state index contributed by atoms with van der Waals surface area (Å²) in [6, 6.07) is 10.1. The van der Waals surface area contributed by atoms with E-state index in [9.17, 15) is 24.2 Å². The fourth-order valence-electron chi connectivity index (χ4n) is 4.98. The first-order valence-electron chi connectivity index (χ1n) is 14.2. The Bertz CT molecular complexity index is 1150. The highest BCUT2D eigenvalue weighted by molar-refractivity contribution is 8.00. The van der Waals surface area contributed by atoms with E-state index in [2.05, 4.69) is 12.2 Å². The summed E-state index contributed by atoms with van der Waals surface area (Å²) in [4.78, 5) is 27.6. The largest absolute Gasteiger partial charge is 0.388 e. The summed E-state index contributed by atoms with van der Waals surface area (Å²) in [5.41, 5.74) is 1.03. The lowest BCUT2D eigenvalue weighted by molar-refractivity contribution is -0.141. The number of hydrogen-bond donors (Lipinski definition) is 3. The minimum absolute atomic E-state index is 0.0874. The first-order chi connectivity index (χ1) is 18.7. The fourth-order valence-corrected chi connectivity index (χ4v) is 6.25. The lowest BCUT2D eigenvalue weighted by Crippen LogP contribution is -2.54. The minimum Gasteiger partial charge on any atom is -0.388 e. The average molecular weight is 575 g/mol. The molecule has 6 nitrogen and oxygen atoms in total. The normalized spacial score (nSPS) is 15.3. The molecule has 0 saturated heterocycles. The number of hydrogen-bond acceptors (Lipinski definition) is 5. The van der Waals surface area contributed by atoms with Gasteiger partial charge in [0.1, 0.15) is 11.9 Å². The molecule has 3 N–H and O–H groups in total. The Morgan fingerprint density at radius 3 is 2.30 bits per heavy atom. The Kier molecular flexibility index (Phi) is 12.7. The number of aliphatic hydroxyl groups excluding tert-OH is 1. The molecule has 2 aromatic carbocycles. The number of rotatable bonds is 14. The molecular formula is C32H47FN2O4S. The van der Waals surface area contributed by atoms with Crippen molar-refractivity contribution in [2.45, 2.75) is 96.5 Å². The van der Waals surface area contributed by atoms with Gasteiger partial charge >= 0.3 is 0 Å². The van der Waals surface area contributed by atoms with Gasteiger partial charge < -0.3 is 20.4 Å². The maximum atomic E-state index is 14.0. The molecule has 0 bridgehead atoms. The summed E-state index contributed by atoms with van der Waals surface area (Å²) < 4.78 is 14.0. The van der Waals surface area contributed by atoms with Crippen LogP contribution in [0, 0.1) is 31.5 Å². The Morgan fingerprint density at radius 1 is 1.10 bits per heavy atom. The zero-order chi connectivity index (χ0) is 30.2. The summed E-state index contributed by atoms with van der Waals surface area (Å²) in [6.07, 6.45) is 1.16. The van der Waals surface area contributed by atoms with Crippen molar-refractivity contribution in [3.63, 3.8) is 0 Å². The zero-order valence-electron chi connectivity index (χ0n) is 25.3. The fraction of sp³-hybridized carbons (Fsp3) is 0.562. The topological polar surface area (TPSA) is 89.9 Å². The summed E-state index contributed by atoms with van der Waals surface area (Å²) >= 11 is 1.66. The van der Waals surface area contributed by atoms with Gasteiger partial charge in [0.2, 0.25) is 5.91 Å². The van der Waals surface area contributed by atoms with Gasteiger partial charge in [0.05, 0.1) is 5.60 Å². The van der Waals surface area contributed by atoms with Crippen LogP contribution >= 0.6 is 11.8 Å². The highest BCUT2D eigenvalue weighted by atomic mass is 32.2. The number of nitrogens with one attached hydrogen (secondary N) is 1. The van der Waals surface area contributed by atoms with E-state index in [0.29, 0.717) is 29.8 Å². The smallest absolute Gasteiger partial charge is 0.255 e. The van der Waals surface area contributed by atoms with Crippen molar-refractivity contribution in [3.05, 3.63) is 58.9 Å². The van der Waals surface area contributed by atoms with Gasteiger partial charge in [0.15, 0.2) is 0 Å². The molecule has 0 aliphatic carbocycles. The summed E-state index contributed by atoms with van der Waals surface area (Å²) in [5, 5.41) is 25.6. The number of nitrogens with zero attached hydrogens (tertiary/aromatic N) is 1. The van der Waals surface area contributed by atoms with E-state index in [4.69, 9.17) is 0 Å². The van der Waals surface area contributed by atoms with E-state index in [1.165, 1.54) is 13.0 Å². The Balaban J connectivity index is 2.21. The SMILES string of the molecule is CCCN(CC(O)C(C)(O)C(CC(CC)Sc1cc(C(=O)Nc2ccc(C)c(F)c2)ccc1C)C(C)C)C(C)=O. The van der Waals surface area contributed by atoms with Crippen molar-refractivity contribution in [2.75, 3.05) is 18.4 Å². The third kappa shape index (κ3) is 9.05. The Labute approximate surface area is 243 Å². The maximum Gasteiger partial charge on any atom is 0.255 e. The van der Waals surface area contributed by atoms with Crippen LogP contribution in [-0.2, 0) is 4.79 Å². The molecule has 2 rings (SSSR count). The third-order valence-electron chi connectivity index (χ3n) is 7.71. The predicted molar refractivity (Wildman–Crippen MR) is 162 cm³/mol. The van der Waals surface area contributed by atoms with E-state index in [1.807, 2.05) is 39.8 Å². The highest BCUT2D eigenvalue weighted by Gasteiger charge is 2.42. The first-order valence-corrected chi connectivity index (χ1v) is 15.1. The Hall–Kier alpha value is -2.42. The number of aliphatic hydroxyl groups is 2. The van der Waals surface area contributed by atoms with Crippen LogP contribution < -0.4 is 5.32 Å². The van der Waals surface area contributed by atoms with Crippen LogP contribution in [0.25, 0.3) is 0 Å². The van der Waals surface area contributed by atoms with E-state index in [-0.39, 0.29) is 41.3 Å². The summed E-state index contributed by atoms with van der Waals surface area (Å²) in [5.74, 6) is -0.940. The van der Waals surface area contributed by atoms with Gasteiger partial charge in [-0.25, -0.2) is 4.39 Å². The third-order valence-corrected chi connectivity index (χ3v) is 9.26. The minimum atomic E-state index is -1.40. The molecule has 0 saturated carbocycles. The molecule has 0 spiro atoms. The van der Waals surface area contributed by atoms with Crippen LogP contribution in [0.2, 0.25) is 0 Å². The second kappa shape index (κ2) is 15.0. The van der Waals surface area contributed by atoms with Crippen molar-refractivity contribution < 1.29 is 24.2 Å². The Morgan fingerprint density at radius 2 is 1.75 bits per heavy atom. The van der Waals surface area contributed by atoms with Crippen LogP contribution in [0.3, 0.4) is 0 Å². The molecule has 0 radical (unpaired) electrons. The molecule has 4 atom stereocenters. The van der Waals surface area contributed by atoms with Gasteiger partial charge in [-0.1, -0.05) is 39.8 Å². The van der Waals surface area contributed by atoms with Crippen LogP contribution in [0.15, 0.2) is 41.3 Å². The van der Waals surface area contributed by atoms with Gasteiger partial charge in [-0.05, 0) is 87.3 Å². The van der Waals surface area contributed by atoms with Crippen LogP contribution in [0.5, 0.6) is 0 Å². The number of carbonyl (C=O) groups is 2. The lowest BCUT2D eigenvalue weighted by atomic mass is 9.74. The molecule has 0 heterocycles. The summed E-state index contributed by atoms with van der Waals surface area (Å²) in [6.45, 7) is 15.6. The molecule has 4 unspecified atom stereocenters. The van der Waals surface area contributed by atoms with Crippen LogP contribution in [0.1, 0.15) is 82.3 Å². The van der Waals surface area contributed by atoms with Gasteiger partial charge in [-0.15, -0.1) is 11.8 Å². The molecule has 8 heteroatoms. The van der Waals surface area contributed by atoms with Crippen molar-refractivity contribution in [2.24, 2.45) is 11.8 Å². The van der Waals surface area contributed by atoms with Crippen molar-refractivity contribution >= 4 is 29.3 Å². The molecular weight excluding hydrogens is 527 g/mol. The monoisotopic (exact) mass is 574 g/mol. The lowest BCUT2D eigenvalue weighted by Gasteiger charge is -2.42. The van der Waals surface area contributed by atoms with Crippen molar-refractivity contribution in [3.8, 4) is 0 Å². The molecule has 0 aromatic heterocycles. The average Bonchev–Trinajstić information content (AvgIpc) is 2.88. The second-order valence-electron chi connectivity index (χ2n) is 11.3. The number of aryl methyl sites for hydroxylation is 2. The van der Waals surface area contributed by atoms with E-state index in [0.717, 1.165) is 23.3 Å². The molecule has 0 aliphatic heterocycles. The number of benzene rings is 2. The standard InChI is InChI=1S/C32H47FN2O4S/c1-9-15-35(23(7)36)19-30(37)32(8,39)27(20(3)4)18-26(10-2)40-29-16-24(13-11-22(29)6)31(38)34-25-14-12-21(5)28(33)17-25/h11-14,16-17,20,26-27,30,37,39H,9-10,15,18-19H2,1-8H3,(H,34,38). The quantitative estimate of drug-likeness (QED) is 0.221. The van der Waals surface area contributed by atoms with Crippen molar-refractivity contribution in [1.82, 2.24) is 4.90 Å². The number of anilines is 1. The van der Waals surface area contributed by atoms with E-state index in [1.54, 1.807) is 48.7 Å². The number of amides is 2. The zero-order valence-corrected chi connectivity index (χ0v) is 26.1. The van der Waals surface area contributed by atoms with Crippen LogP contribution in [0.4, 0.5) is 10.1 Å².